The van der Waals surface area contributed by atoms with Crippen LogP contribution in [0.25, 0.3) is 0 Å². The van der Waals surface area contributed by atoms with Gasteiger partial charge in [0.2, 0.25) is 0 Å². The molecule has 0 bridgehead atoms. The van der Waals surface area contributed by atoms with Gasteiger partial charge in [-0.2, -0.15) is 0 Å². The number of thiazole rings is 1. The Morgan fingerprint density at radius 3 is 3.15 bits per heavy atom. The first-order valence-electron chi connectivity index (χ1n) is 4.00. The minimum absolute atomic E-state index is 0.665. The second kappa shape index (κ2) is 5.57. The molecule has 0 atom stereocenters. The lowest BCUT2D eigenvalue weighted by molar-refractivity contribution is 0.412. The summed E-state index contributed by atoms with van der Waals surface area (Å²) in [6.07, 6.45) is 2.59. The predicted octanol–water partition coefficient (Wildman–Crippen LogP) is 1.11. The van der Waals surface area contributed by atoms with Crippen LogP contribution in [0.1, 0.15) is 11.3 Å². The Balaban J connectivity index is 2.46. The van der Waals surface area contributed by atoms with E-state index in [1.807, 2.05) is 7.05 Å². The van der Waals surface area contributed by atoms with Crippen LogP contribution in [0, 0.1) is 11.8 Å². The van der Waals surface area contributed by atoms with E-state index in [-0.39, 0.29) is 0 Å². The number of hydrogen-bond donors (Lipinski definition) is 1. The van der Waals surface area contributed by atoms with E-state index < -0.39 is 0 Å². The zero-order valence-electron chi connectivity index (χ0n) is 7.76. The van der Waals surface area contributed by atoms with Crippen molar-refractivity contribution in [2.24, 2.45) is 0 Å². The molecule has 0 saturated carbocycles. The predicted molar refractivity (Wildman–Crippen MR) is 54.1 cm³/mol. The van der Waals surface area contributed by atoms with Crippen LogP contribution in [-0.4, -0.2) is 25.7 Å². The Bertz CT molecular complexity index is 311. The fourth-order valence-corrected chi connectivity index (χ4v) is 1.35. The van der Waals surface area contributed by atoms with Gasteiger partial charge in [0.25, 0.3) is 5.19 Å². The number of nitrogens with zero attached hydrogens (tertiary/aromatic N) is 1. The fourth-order valence-electron chi connectivity index (χ4n) is 0.747. The summed E-state index contributed by atoms with van der Waals surface area (Å²) in [5.74, 6) is 6.06. The molecule has 13 heavy (non-hydrogen) atoms. The summed E-state index contributed by atoms with van der Waals surface area (Å²) in [6.45, 7) is 0.920. The van der Waals surface area contributed by atoms with Gasteiger partial charge >= 0.3 is 0 Å². The molecule has 0 aliphatic heterocycles. The van der Waals surface area contributed by atoms with Crippen LogP contribution < -0.4 is 10.1 Å². The van der Waals surface area contributed by atoms with Crippen molar-refractivity contribution < 1.29 is 4.74 Å². The lowest BCUT2D eigenvalue weighted by Crippen LogP contribution is -2.05. The first-order valence-corrected chi connectivity index (χ1v) is 4.81. The molecule has 70 valence electrons. The number of methoxy groups -OCH3 is 1. The maximum atomic E-state index is 4.95. The summed E-state index contributed by atoms with van der Waals surface area (Å²) in [4.78, 5) is 4.96. The van der Waals surface area contributed by atoms with Crippen molar-refractivity contribution in [2.45, 2.75) is 6.42 Å². The Hall–Kier alpha value is -1.05. The number of rotatable bonds is 3. The molecule has 0 aromatic carbocycles. The minimum atomic E-state index is 0.665. The van der Waals surface area contributed by atoms with Crippen LogP contribution in [0.2, 0.25) is 0 Å². The molecule has 1 rings (SSSR count). The summed E-state index contributed by atoms with van der Waals surface area (Å²) >= 11 is 1.46. The van der Waals surface area contributed by atoms with E-state index in [4.69, 9.17) is 4.74 Å². The van der Waals surface area contributed by atoms with E-state index in [9.17, 15) is 0 Å². The zero-order chi connectivity index (χ0) is 9.52. The molecule has 4 heteroatoms. The van der Waals surface area contributed by atoms with Gasteiger partial charge < -0.3 is 10.1 Å². The third kappa shape index (κ3) is 3.45. The van der Waals surface area contributed by atoms with Crippen molar-refractivity contribution in [3.63, 3.8) is 0 Å². The summed E-state index contributed by atoms with van der Waals surface area (Å²) < 4.78 is 4.95. The average molecular weight is 196 g/mol. The van der Waals surface area contributed by atoms with Crippen molar-refractivity contribution >= 4 is 11.3 Å². The van der Waals surface area contributed by atoms with E-state index in [0.717, 1.165) is 17.8 Å². The Kier molecular flexibility index (Phi) is 4.30. The molecule has 0 aliphatic carbocycles. The fraction of sp³-hybridized carbons (Fsp3) is 0.444. The van der Waals surface area contributed by atoms with Crippen molar-refractivity contribution in [3.8, 4) is 17.0 Å². The molecule has 1 aromatic heterocycles. The monoisotopic (exact) mass is 196 g/mol. The van der Waals surface area contributed by atoms with E-state index in [0.29, 0.717) is 5.19 Å². The zero-order valence-corrected chi connectivity index (χ0v) is 8.57. The third-order valence-electron chi connectivity index (χ3n) is 1.37. The molecule has 1 aromatic rings. The highest BCUT2D eigenvalue weighted by Crippen LogP contribution is 2.18. The van der Waals surface area contributed by atoms with Crippen molar-refractivity contribution in [1.82, 2.24) is 10.3 Å². The Labute approximate surface area is 82.1 Å². The smallest absolute Gasteiger partial charge is 0.274 e. The van der Waals surface area contributed by atoms with Gasteiger partial charge in [0, 0.05) is 13.0 Å². The molecule has 0 spiro atoms. The molecular weight excluding hydrogens is 184 g/mol. The molecule has 0 radical (unpaired) electrons. The lowest BCUT2D eigenvalue weighted by atomic mass is 10.4. The maximum absolute atomic E-state index is 4.95. The SMILES string of the molecule is CNCCC#Cc1cnc(OC)s1. The van der Waals surface area contributed by atoms with Crippen LogP contribution in [0.5, 0.6) is 5.19 Å². The standard InChI is InChI=1S/C9H12N2OS/c1-10-6-4-3-5-8-7-11-9(12-2)13-8/h7,10H,4,6H2,1-2H3. The molecule has 0 amide bonds. The summed E-state index contributed by atoms with van der Waals surface area (Å²) in [5, 5.41) is 3.70. The summed E-state index contributed by atoms with van der Waals surface area (Å²) in [5.41, 5.74) is 0. The third-order valence-corrected chi connectivity index (χ3v) is 2.24. The van der Waals surface area contributed by atoms with Crippen LogP contribution in [-0.2, 0) is 0 Å². The van der Waals surface area contributed by atoms with E-state index >= 15 is 0 Å². The highest BCUT2D eigenvalue weighted by Gasteiger charge is 1.96. The van der Waals surface area contributed by atoms with Gasteiger partial charge in [0.1, 0.15) is 4.88 Å². The molecular formula is C9H12N2OS. The Morgan fingerprint density at radius 2 is 2.54 bits per heavy atom. The van der Waals surface area contributed by atoms with Gasteiger partial charge in [-0.05, 0) is 7.05 Å². The number of ether oxygens (including phenoxy) is 1. The number of nitrogens with one attached hydrogen (secondary N) is 1. The largest absolute Gasteiger partial charge is 0.473 e. The highest BCUT2D eigenvalue weighted by molar-refractivity contribution is 7.13. The number of hydrogen-bond acceptors (Lipinski definition) is 4. The first-order chi connectivity index (χ1) is 6.36. The minimum Gasteiger partial charge on any atom is -0.473 e. The van der Waals surface area contributed by atoms with Crippen LogP contribution in [0.4, 0.5) is 0 Å². The normalized spacial score (nSPS) is 9.08. The molecule has 0 unspecified atom stereocenters. The molecule has 0 aliphatic rings. The van der Waals surface area contributed by atoms with Crippen molar-refractivity contribution in [1.29, 1.82) is 0 Å². The van der Waals surface area contributed by atoms with Crippen LogP contribution in [0.3, 0.4) is 0 Å². The second-order valence-corrected chi connectivity index (χ2v) is 3.34. The molecule has 0 saturated heterocycles. The average Bonchev–Trinajstić information content (AvgIpc) is 2.60. The molecule has 3 nitrogen and oxygen atoms in total. The molecule has 1 heterocycles. The quantitative estimate of drug-likeness (QED) is 0.581. The summed E-state index contributed by atoms with van der Waals surface area (Å²) in [7, 11) is 3.52. The summed E-state index contributed by atoms with van der Waals surface area (Å²) in [6, 6.07) is 0. The van der Waals surface area contributed by atoms with Gasteiger partial charge in [-0.3, -0.25) is 0 Å². The van der Waals surface area contributed by atoms with Gasteiger partial charge in [-0.1, -0.05) is 23.2 Å². The lowest BCUT2D eigenvalue weighted by Gasteiger charge is -1.86. The molecule has 1 N–H and O–H groups in total. The van der Waals surface area contributed by atoms with Gasteiger partial charge in [0.05, 0.1) is 13.3 Å². The highest BCUT2D eigenvalue weighted by atomic mass is 32.1. The van der Waals surface area contributed by atoms with Gasteiger partial charge in [-0.15, -0.1) is 0 Å². The van der Waals surface area contributed by atoms with E-state index in [2.05, 4.69) is 22.1 Å². The van der Waals surface area contributed by atoms with Gasteiger partial charge in [0.15, 0.2) is 0 Å². The van der Waals surface area contributed by atoms with E-state index in [1.54, 1.807) is 13.3 Å². The first kappa shape index (κ1) is 10.0. The topological polar surface area (TPSA) is 34.2 Å². The van der Waals surface area contributed by atoms with Gasteiger partial charge in [-0.25, -0.2) is 4.98 Å². The number of aromatic nitrogens is 1. The van der Waals surface area contributed by atoms with Crippen molar-refractivity contribution in [3.05, 3.63) is 11.1 Å². The maximum Gasteiger partial charge on any atom is 0.274 e. The van der Waals surface area contributed by atoms with E-state index in [1.165, 1.54) is 11.3 Å². The molecule has 0 fully saturated rings. The van der Waals surface area contributed by atoms with Crippen LogP contribution >= 0.6 is 11.3 Å². The van der Waals surface area contributed by atoms with Crippen LogP contribution in [0.15, 0.2) is 6.20 Å². The Morgan fingerprint density at radius 1 is 1.69 bits per heavy atom. The second-order valence-electron chi connectivity index (χ2n) is 2.35. The van der Waals surface area contributed by atoms with Crippen molar-refractivity contribution in [2.75, 3.05) is 20.7 Å².